The highest BCUT2D eigenvalue weighted by atomic mass is 19.4. The van der Waals surface area contributed by atoms with Crippen LogP contribution >= 0.6 is 0 Å². The summed E-state index contributed by atoms with van der Waals surface area (Å²) in [6.07, 6.45) is -1.27. The monoisotopic (exact) mass is 415 g/mol. The molecule has 3 aromatic rings. The molecule has 0 saturated heterocycles. The predicted molar refractivity (Wildman–Crippen MR) is 103 cm³/mol. The van der Waals surface area contributed by atoms with Crippen LogP contribution in [-0.2, 0) is 6.18 Å². The molecule has 9 heteroatoms. The number of benzene rings is 2. The van der Waals surface area contributed by atoms with Crippen LogP contribution < -0.4 is 0 Å². The van der Waals surface area contributed by atoms with Gasteiger partial charge in [-0.2, -0.15) is 13.2 Å². The number of aromatic nitrogens is 4. The van der Waals surface area contributed by atoms with Crippen molar-refractivity contribution in [2.45, 2.75) is 44.9 Å². The number of amides is 1. The molecule has 0 spiro atoms. The summed E-state index contributed by atoms with van der Waals surface area (Å²) in [5.41, 5.74) is 1.80. The van der Waals surface area contributed by atoms with Gasteiger partial charge in [-0.1, -0.05) is 12.1 Å². The fourth-order valence-electron chi connectivity index (χ4n) is 3.61. The van der Waals surface area contributed by atoms with Gasteiger partial charge in [0.05, 0.1) is 17.3 Å². The van der Waals surface area contributed by atoms with Gasteiger partial charge in [0.15, 0.2) is 0 Å². The van der Waals surface area contributed by atoms with E-state index in [1.54, 1.807) is 36.1 Å². The van der Waals surface area contributed by atoms with E-state index in [0.717, 1.165) is 36.2 Å². The van der Waals surface area contributed by atoms with Crippen LogP contribution in [0.3, 0.4) is 0 Å². The van der Waals surface area contributed by atoms with Crippen molar-refractivity contribution in [3.05, 3.63) is 71.0 Å². The molecule has 1 aliphatic carbocycles. The Balaban J connectivity index is 1.64. The Morgan fingerprint density at radius 3 is 2.57 bits per heavy atom. The van der Waals surface area contributed by atoms with Crippen molar-refractivity contribution in [3.8, 4) is 5.69 Å². The highest BCUT2D eigenvalue weighted by Gasteiger charge is 2.38. The van der Waals surface area contributed by atoms with Crippen molar-refractivity contribution in [2.24, 2.45) is 0 Å². The van der Waals surface area contributed by atoms with Crippen LogP contribution in [0.4, 0.5) is 13.2 Å². The zero-order valence-corrected chi connectivity index (χ0v) is 16.5. The van der Waals surface area contributed by atoms with Crippen LogP contribution in [0.25, 0.3) is 5.69 Å². The molecule has 1 atom stereocenters. The molecule has 1 aromatic heterocycles. The molecular weight excluding hydrogens is 395 g/mol. The maximum Gasteiger partial charge on any atom is 0.416 e. The van der Waals surface area contributed by atoms with E-state index in [0.29, 0.717) is 11.1 Å². The van der Waals surface area contributed by atoms with Gasteiger partial charge < -0.3 is 4.90 Å². The zero-order chi connectivity index (χ0) is 21.5. The van der Waals surface area contributed by atoms with Crippen molar-refractivity contribution < 1.29 is 18.0 Å². The third-order valence-corrected chi connectivity index (χ3v) is 5.33. The first-order chi connectivity index (χ1) is 14.3. The molecule has 0 radical (unpaired) electrons. The SMILES string of the molecule is Cc1cc(C(=O)N(C2CC2)C(C)c2cccc(C(F)(F)F)c2)ccc1-n1cnnn1. The van der Waals surface area contributed by atoms with E-state index in [1.807, 2.05) is 6.92 Å². The number of tetrazole rings is 1. The molecule has 0 bridgehead atoms. The smallest absolute Gasteiger partial charge is 0.329 e. The third-order valence-electron chi connectivity index (χ3n) is 5.33. The second-order valence-corrected chi connectivity index (χ2v) is 7.50. The Bertz CT molecular complexity index is 1060. The number of carbonyl (C=O) groups is 1. The molecule has 156 valence electrons. The zero-order valence-electron chi connectivity index (χ0n) is 16.5. The maximum atomic E-state index is 13.3. The van der Waals surface area contributed by atoms with E-state index >= 15 is 0 Å². The third kappa shape index (κ3) is 3.92. The quantitative estimate of drug-likeness (QED) is 0.621. The van der Waals surface area contributed by atoms with E-state index in [2.05, 4.69) is 15.5 Å². The second-order valence-electron chi connectivity index (χ2n) is 7.50. The summed E-state index contributed by atoms with van der Waals surface area (Å²) in [5, 5.41) is 11.1. The van der Waals surface area contributed by atoms with Crippen LogP contribution in [0, 0.1) is 6.92 Å². The van der Waals surface area contributed by atoms with Gasteiger partial charge in [0.25, 0.3) is 5.91 Å². The first kappa shape index (κ1) is 20.1. The second kappa shape index (κ2) is 7.55. The normalized spacial score (nSPS) is 15.1. The van der Waals surface area contributed by atoms with Crippen molar-refractivity contribution in [2.75, 3.05) is 0 Å². The molecule has 6 nitrogen and oxygen atoms in total. The topological polar surface area (TPSA) is 63.9 Å². The fourth-order valence-corrected chi connectivity index (χ4v) is 3.61. The summed E-state index contributed by atoms with van der Waals surface area (Å²) in [5.74, 6) is -0.200. The van der Waals surface area contributed by atoms with Crippen LogP contribution in [0.1, 0.15) is 52.9 Å². The molecule has 1 amide bonds. The lowest BCUT2D eigenvalue weighted by atomic mass is 10.0. The summed E-state index contributed by atoms with van der Waals surface area (Å²) in [6, 6.07) is 9.95. The van der Waals surface area contributed by atoms with Gasteiger partial charge in [-0.3, -0.25) is 4.79 Å². The van der Waals surface area contributed by atoms with Crippen molar-refractivity contribution in [1.82, 2.24) is 25.1 Å². The van der Waals surface area contributed by atoms with Gasteiger partial charge in [0.1, 0.15) is 6.33 Å². The summed E-state index contributed by atoms with van der Waals surface area (Å²) in [6.45, 7) is 3.62. The highest BCUT2D eigenvalue weighted by Crippen LogP contribution is 2.37. The van der Waals surface area contributed by atoms with Gasteiger partial charge in [-0.25, -0.2) is 4.68 Å². The average molecular weight is 415 g/mol. The van der Waals surface area contributed by atoms with Gasteiger partial charge >= 0.3 is 6.18 Å². The summed E-state index contributed by atoms with van der Waals surface area (Å²) in [7, 11) is 0. The molecule has 30 heavy (non-hydrogen) atoms. The molecule has 1 heterocycles. The van der Waals surface area contributed by atoms with E-state index in [-0.39, 0.29) is 11.9 Å². The minimum atomic E-state index is -4.42. The van der Waals surface area contributed by atoms with E-state index < -0.39 is 17.8 Å². The Hall–Kier alpha value is -3.23. The minimum absolute atomic E-state index is 0.0292. The molecule has 4 rings (SSSR count). The number of rotatable bonds is 5. The standard InChI is InChI=1S/C21H20F3N5O/c1-13-10-16(6-9-19(13)28-12-25-26-27-28)20(30)29(18-7-8-18)14(2)15-4-3-5-17(11-15)21(22,23)24/h3-6,9-12,14,18H,7-8H2,1-2H3. The molecule has 0 N–H and O–H groups in total. The van der Waals surface area contributed by atoms with Crippen molar-refractivity contribution in [1.29, 1.82) is 0 Å². The minimum Gasteiger partial charge on any atom is -0.329 e. The number of nitrogens with zero attached hydrogens (tertiary/aromatic N) is 5. The molecule has 1 fully saturated rings. The van der Waals surface area contributed by atoms with E-state index in [9.17, 15) is 18.0 Å². The fraction of sp³-hybridized carbons (Fsp3) is 0.333. The van der Waals surface area contributed by atoms with Crippen LogP contribution in [-0.4, -0.2) is 37.1 Å². The van der Waals surface area contributed by atoms with Gasteiger partial charge in [-0.05, 0) is 78.6 Å². The molecule has 1 saturated carbocycles. The number of aryl methyl sites for hydroxylation is 1. The van der Waals surface area contributed by atoms with Gasteiger partial charge in [-0.15, -0.1) is 5.10 Å². The Morgan fingerprint density at radius 1 is 1.20 bits per heavy atom. The first-order valence-electron chi connectivity index (χ1n) is 9.59. The number of alkyl halides is 3. The Kier molecular flexibility index (Phi) is 5.05. The summed E-state index contributed by atoms with van der Waals surface area (Å²) < 4.78 is 40.9. The largest absolute Gasteiger partial charge is 0.416 e. The lowest BCUT2D eigenvalue weighted by Crippen LogP contribution is -2.35. The highest BCUT2D eigenvalue weighted by molar-refractivity contribution is 5.95. The molecular formula is C21H20F3N5O. The summed E-state index contributed by atoms with van der Waals surface area (Å²) >= 11 is 0. The lowest BCUT2D eigenvalue weighted by molar-refractivity contribution is -0.137. The molecule has 0 aliphatic heterocycles. The molecule has 1 aliphatic rings. The van der Waals surface area contributed by atoms with Gasteiger partial charge in [0, 0.05) is 11.6 Å². The van der Waals surface area contributed by atoms with Crippen molar-refractivity contribution in [3.63, 3.8) is 0 Å². The average Bonchev–Trinajstić information content (AvgIpc) is 3.39. The number of hydrogen-bond acceptors (Lipinski definition) is 4. The van der Waals surface area contributed by atoms with Crippen LogP contribution in [0.15, 0.2) is 48.8 Å². The van der Waals surface area contributed by atoms with E-state index in [4.69, 9.17) is 0 Å². The van der Waals surface area contributed by atoms with Gasteiger partial charge in [0.2, 0.25) is 0 Å². The number of hydrogen-bond donors (Lipinski definition) is 0. The lowest BCUT2D eigenvalue weighted by Gasteiger charge is -2.30. The number of carbonyl (C=O) groups excluding carboxylic acids is 1. The molecule has 1 unspecified atom stereocenters. The van der Waals surface area contributed by atoms with Crippen LogP contribution in [0.5, 0.6) is 0 Å². The Labute approximate surface area is 171 Å². The van der Waals surface area contributed by atoms with Crippen molar-refractivity contribution >= 4 is 5.91 Å². The Morgan fingerprint density at radius 2 is 1.97 bits per heavy atom. The summed E-state index contributed by atoms with van der Waals surface area (Å²) in [4.78, 5) is 15.0. The predicted octanol–water partition coefficient (Wildman–Crippen LogP) is 4.36. The molecule has 2 aromatic carbocycles. The van der Waals surface area contributed by atoms with E-state index in [1.165, 1.54) is 17.1 Å². The van der Waals surface area contributed by atoms with Crippen LogP contribution in [0.2, 0.25) is 0 Å². The number of halogens is 3. The maximum absolute atomic E-state index is 13.3. The first-order valence-corrected chi connectivity index (χ1v) is 9.59.